The number of carbonyl (C=O) groups excluding carboxylic acids is 1. The maximum atomic E-state index is 12.1. The van der Waals surface area contributed by atoms with Crippen LogP contribution in [0.5, 0.6) is 0 Å². The van der Waals surface area contributed by atoms with Crippen LogP contribution < -0.4 is 5.32 Å². The molecule has 0 spiro atoms. The SMILES string of the molecule is CCCCOCCCNC(=O)CCc1c(C)nc2c(C#N)cnn2c1C. The Morgan fingerprint density at radius 1 is 1.35 bits per heavy atom. The molecule has 0 aliphatic rings. The predicted molar refractivity (Wildman–Crippen MR) is 98.9 cm³/mol. The molecule has 2 heterocycles. The zero-order valence-corrected chi connectivity index (χ0v) is 15.8. The fourth-order valence-corrected chi connectivity index (χ4v) is 2.83. The van der Waals surface area contributed by atoms with Gasteiger partial charge in [0.15, 0.2) is 5.65 Å². The number of unbranched alkanes of at least 4 members (excludes halogenated alkanes) is 1. The van der Waals surface area contributed by atoms with Crippen molar-refractivity contribution >= 4 is 11.6 Å². The Labute approximate surface area is 154 Å². The molecule has 0 fully saturated rings. The maximum Gasteiger partial charge on any atom is 0.220 e. The molecule has 0 unspecified atom stereocenters. The van der Waals surface area contributed by atoms with E-state index >= 15 is 0 Å². The number of amides is 1. The lowest BCUT2D eigenvalue weighted by atomic mass is 10.1. The Balaban J connectivity index is 1.84. The van der Waals surface area contributed by atoms with Crippen LogP contribution in [0.1, 0.15) is 55.1 Å². The lowest BCUT2D eigenvalue weighted by molar-refractivity contribution is -0.121. The molecular weight excluding hydrogens is 330 g/mol. The van der Waals surface area contributed by atoms with Crippen LogP contribution in [-0.2, 0) is 16.0 Å². The minimum absolute atomic E-state index is 0.0237. The smallest absolute Gasteiger partial charge is 0.220 e. The number of nitrogens with zero attached hydrogens (tertiary/aromatic N) is 4. The number of aryl methyl sites for hydroxylation is 2. The Bertz CT molecular complexity index is 791. The van der Waals surface area contributed by atoms with Gasteiger partial charge in [-0.05, 0) is 38.7 Å². The van der Waals surface area contributed by atoms with E-state index < -0.39 is 0 Å². The number of carbonyl (C=O) groups is 1. The third-order valence-electron chi connectivity index (χ3n) is 4.36. The average molecular weight is 357 g/mol. The molecule has 0 aliphatic carbocycles. The summed E-state index contributed by atoms with van der Waals surface area (Å²) < 4.78 is 7.15. The number of nitrogens with one attached hydrogen (secondary N) is 1. The van der Waals surface area contributed by atoms with Gasteiger partial charge in [0.05, 0.1) is 6.20 Å². The number of rotatable bonds is 10. The minimum Gasteiger partial charge on any atom is -0.381 e. The number of hydrogen-bond acceptors (Lipinski definition) is 5. The van der Waals surface area contributed by atoms with Crippen LogP contribution in [0.4, 0.5) is 0 Å². The first kappa shape index (κ1) is 19.9. The third kappa shape index (κ3) is 5.02. The van der Waals surface area contributed by atoms with Crippen molar-refractivity contribution in [2.24, 2.45) is 0 Å². The first-order valence-electron chi connectivity index (χ1n) is 9.16. The molecule has 140 valence electrons. The highest BCUT2D eigenvalue weighted by atomic mass is 16.5. The monoisotopic (exact) mass is 357 g/mol. The fourth-order valence-electron chi connectivity index (χ4n) is 2.83. The summed E-state index contributed by atoms with van der Waals surface area (Å²) >= 11 is 0. The van der Waals surface area contributed by atoms with Gasteiger partial charge in [0.1, 0.15) is 11.6 Å². The van der Waals surface area contributed by atoms with Crippen molar-refractivity contribution in [3.05, 3.63) is 28.7 Å². The summed E-state index contributed by atoms with van der Waals surface area (Å²) in [6, 6.07) is 2.10. The van der Waals surface area contributed by atoms with Crippen LogP contribution in [0.2, 0.25) is 0 Å². The normalized spacial score (nSPS) is 10.8. The van der Waals surface area contributed by atoms with Gasteiger partial charge in [-0.2, -0.15) is 10.4 Å². The Morgan fingerprint density at radius 3 is 2.85 bits per heavy atom. The van der Waals surface area contributed by atoms with Gasteiger partial charge in [-0.15, -0.1) is 0 Å². The van der Waals surface area contributed by atoms with E-state index in [2.05, 4.69) is 28.4 Å². The number of aromatic nitrogens is 3. The summed E-state index contributed by atoms with van der Waals surface area (Å²) in [7, 11) is 0. The second-order valence-electron chi connectivity index (χ2n) is 6.34. The molecule has 7 heteroatoms. The van der Waals surface area contributed by atoms with Crippen molar-refractivity contribution in [1.29, 1.82) is 5.26 Å². The first-order chi connectivity index (χ1) is 12.6. The number of ether oxygens (including phenoxy) is 1. The molecule has 26 heavy (non-hydrogen) atoms. The Kier molecular flexibility index (Phi) is 7.54. The van der Waals surface area contributed by atoms with E-state index in [9.17, 15) is 4.79 Å². The predicted octanol–water partition coefficient (Wildman–Crippen LogP) is 2.47. The van der Waals surface area contributed by atoms with E-state index in [0.717, 1.165) is 42.8 Å². The summed E-state index contributed by atoms with van der Waals surface area (Å²) in [5.74, 6) is 0.0237. The zero-order chi connectivity index (χ0) is 18.9. The highest BCUT2D eigenvalue weighted by Crippen LogP contribution is 2.18. The fraction of sp³-hybridized carbons (Fsp3) is 0.579. The molecular formula is C19H27N5O2. The second-order valence-corrected chi connectivity index (χ2v) is 6.34. The highest BCUT2D eigenvalue weighted by Gasteiger charge is 2.14. The number of hydrogen-bond donors (Lipinski definition) is 1. The van der Waals surface area contributed by atoms with Crippen LogP contribution >= 0.6 is 0 Å². The molecule has 0 saturated carbocycles. The van der Waals surface area contributed by atoms with Gasteiger partial charge >= 0.3 is 0 Å². The van der Waals surface area contributed by atoms with Gasteiger partial charge in [0.25, 0.3) is 0 Å². The molecule has 2 aromatic heterocycles. The summed E-state index contributed by atoms with van der Waals surface area (Å²) in [4.78, 5) is 16.5. The molecule has 0 saturated heterocycles. The lowest BCUT2D eigenvalue weighted by Crippen LogP contribution is -2.25. The number of nitriles is 1. The molecule has 1 amide bonds. The van der Waals surface area contributed by atoms with Crippen molar-refractivity contribution in [3.63, 3.8) is 0 Å². The van der Waals surface area contributed by atoms with Gasteiger partial charge in [-0.25, -0.2) is 9.50 Å². The number of fused-ring (bicyclic) bond motifs is 1. The highest BCUT2D eigenvalue weighted by molar-refractivity contribution is 5.76. The van der Waals surface area contributed by atoms with Crippen LogP contribution in [0.15, 0.2) is 6.20 Å². The molecule has 2 rings (SSSR count). The lowest BCUT2D eigenvalue weighted by Gasteiger charge is -2.11. The second kappa shape index (κ2) is 9.88. The van der Waals surface area contributed by atoms with E-state index in [1.54, 1.807) is 4.52 Å². The maximum absolute atomic E-state index is 12.1. The van der Waals surface area contributed by atoms with Crippen LogP contribution in [-0.4, -0.2) is 40.3 Å². The van der Waals surface area contributed by atoms with E-state index in [1.165, 1.54) is 6.20 Å². The summed E-state index contributed by atoms with van der Waals surface area (Å²) in [6.07, 6.45) is 5.56. The Hall–Kier alpha value is -2.46. The summed E-state index contributed by atoms with van der Waals surface area (Å²) in [5, 5.41) is 16.3. The molecule has 0 radical (unpaired) electrons. The van der Waals surface area contributed by atoms with Crippen molar-refractivity contribution in [2.75, 3.05) is 19.8 Å². The van der Waals surface area contributed by atoms with E-state index in [1.807, 2.05) is 13.8 Å². The van der Waals surface area contributed by atoms with Gasteiger partial charge in [0, 0.05) is 37.6 Å². The molecule has 1 N–H and O–H groups in total. The molecule has 7 nitrogen and oxygen atoms in total. The molecule has 0 aliphatic heterocycles. The Morgan fingerprint density at radius 2 is 2.12 bits per heavy atom. The molecule has 0 bridgehead atoms. The van der Waals surface area contributed by atoms with Gasteiger partial charge in [-0.1, -0.05) is 13.3 Å². The van der Waals surface area contributed by atoms with Gasteiger partial charge in [0.2, 0.25) is 5.91 Å². The van der Waals surface area contributed by atoms with Crippen molar-refractivity contribution in [1.82, 2.24) is 19.9 Å². The van der Waals surface area contributed by atoms with Crippen molar-refractivity contribution in [2.45, 2.75) is 52.9 Å². The molecule has 0 aromatic carbocycles. The first-order valence-corrected chi connectivity index (χ1v) is 9.16. The summed E-state index contributed by atoms with van der Waals surface area (Å²) in [5.41, 5.74) is 3.79. The van der Waals surface area contributed by atoms with Crippen molar-refractivity contribution in [3.8, 4) is 6.07 Å². The van der Waals surface area contributed by atoms with Crippen LogP contribution in [0.25, 0.3) is 5.65 Å². The van der Waals surface area contributed by atoms with E-state index in [-0.39, 0.29) is 5.91 Å². The molecule has 2 aromatic rings. The van der Waals surface area contributed by atoms with Gasteiger partial charge < -0.3 is 10.1 Å². The van der Waals surface area contributed by atoms with Crippen molar-refractivity contribution < 1.29 is 9.53 Å². The van der Waals surface area contributed by atoms with Crippen LogP contribution in [0.3, 0.4) is 0 Å². The molecule has 0 atom stereocenters. The average Bonchev–Trinajstić information content (AvgIpc) is 3.03. The standard InChI is InChI=1S/C19H27N5O2/c1-4-5-10-26-11-6-9-21-18(25)8-7-17-14(2)23-19-16(12-20)13-22-24(19)15(17)3/h13H,4-11H2,1-3H3,(H,21,25). The van der Waals surface area contributed by atoms with Gasteiger partial charge in [-0.3, -0.25) is 4.79 Å². The largest absolute Gasteiger partial charge is 0.381 e. The minimum atomic E-state index is 0.0237. The topological polar surface area (TPSA) is 92.3 Å². The zero-order valence-electron chi connectivity index (χ0n) is 15.8. The van der Waals surface area contributed by atoms with Crippen LogP contribution in [0, 0.1) is 25.2 Å². The van der Waals surface area contributed by atoms with E-state index in [0.29, 0.717) is 37.2 Å². The summed E-state index contributed by atoms with van der Waals surface area (Å²) in [6.45, 7) is 8.08. The quantitative estimate of drug-likeness (QED) is 0.660. The third-order valence-corrected chi connectivity index (χ3v) is 4.36. The van der Waals surface area contributed by atoms with E-state index in [4.69, 9.17) is 10.00 Å².